The summed E-state index contributed by atoms with van der Waals surface area (Å²) in [5.74, 6) is 1.14. The zero-order chi connectivity index (χ0) is 14.7. The Balaban J connectivity index is 1.52. The maximum absolute atomic E-state index is 5.79. The van der Waals surface area contributed by atoms with Crippen LogP contribution in [0.15, 0.2) is 12.7 Å². The average molecular weight is 290 g/mol. The zero-order valence-electron chi connectivity index (χ0n) is 12.4. The lowest BCUT2D eigenvalue weighted by Crippen LogP contribution is -2.23. The molecule has 0 aromatic carbocycles. The van der Waals surface area contributed by atoms with Crippen LogP contribution < -0.4 is 5.73 Å². The molecule has 0 spiro atoms. The number of anilines is 1. The van der Waals surface area contributed by atoms with Crippen LogP contribution in [0.25, 0.3) is 11.2 Å². The second-order valence-corrected chi connectivity index (χ2v) is 5.63. The third kappa shape index (κ3) is 3.14. The van der Waals surface area contributed by atoms with E-state index in [1.165, 1.54) is 19.3 Å². The molecule has 1 aliphatic heterocycles. The second kappa shape index (κ2) is 6.36. The van der Waals surface area contributed by atoms with Gasteiger partial charge in [0.2, 0.25) is 0 Å². The van der Waals surface area contributed by atoms with Crippen molar-refractivity contribution in [2.24, 2.45) is 5.92 Å². The molecule has 0 amide bonds. The first-order valence-corrected chi connectivity index (χ1v) is 7.40. The highest BCUT2D eigenvalue weighted by Gasteiger charge is 2.21. The SMILES string of the molecule is COCC1CCN(CCCn2cnc3c(N)ncnc32)C1. The molecule has 2 aromatic heterocycles. The van der Waals surface area contributed by atoms with E-state index in [0.29, 0.717) is 17.3 Å². The number of nitrogen functional groups attached to an aromatic ring is 1. The van der Waals surface area contributed by atoms with Crippen molar-refractivity contribution in [2.45, 2.75) is 19.4 Å². The van der Waals surface area contributed by atoms with Crippen LogP contribution >= 0.6 is 0 Å². The normalized spacial score (nSPS) is 19.6. The van der Waals surface area contributed by atoms with Gasteiger partial charge in [0.05, 0.1) is 12.9 Å². The van der Waals surface area contributed by atoms with Gasteiger partial charge in [0.1, 0.15) is 11.8 Å². The summed E-state index contributed by atoms with van der Waals surface area (Å²) in [7, 11) is 1.78. The number of aryl methyl sites for hydroxylation is 1. The Labute approximate surface area is 124 Å². The molecule has 0 saturated carbocycles. The van der Waals surface area contributed by atoms with Crippen molar-refractivity contribution in [1.29, 1.82) is 0 Å². The zero-order valence-corrected chi connectivity index (χ0v) is 12.4. The van der Waals surface area contributed by atoms with Crippen molar-refractivity contribution in [3.05, 3.63) is 12.7 Å². The molecule has 1 atom stereocenters. The first-order chi connectivity index (χ1) is 10.3. The summed E-state index contributed by atoms with van der Waals surface area (Å²) < 4.78 is 7.28. The molecule has 0 radical (unpaired) electrons. The molecule has 0 bridgehead atoms. The van der Waals surface area contributed by atoms with E-state index in [-0.39, 0.29) is 0 Å². The van der Waals surface area contributed by atoms with Crippen LogP contribution in [0.3, 0.4) is 0 Å². The molecule has 2 N–H and O–H groups in total. The van der Waals surface area contributed by atoms with E-state index in [0.717, 1.165) is 38.3 Å². The van der Waals surface area contributed by atoms with Crippen LogP contribution in [0, 0.1) is 5.92 Å². The van der Waals surface area contributed by atoms with Crippen molar-refractivity contribution < 1.29 is 4.74 Å². The van der Waals surface area contributed by atoms with Crippen LogP contribution in [0.5, 0.6) is 0 Å². The van der Waals surface area contributed by atoms with E-state index in [1.54, 1.807) is 13.4 Å². The fourth-order valence-corrected chi connectivity index (χ4v) is 3.01. The van der Waals surface area contributed by atoms with E-state index in [1.807, 2.05) is 0 Å². The Bertz CT molecular complexity index is 598. The Kier molecular flexibility index (Phi) is 4.31. The predicted molar refractivity (Wildman–Crippen MR) is 80.8 cm³/mol. The minimum atomic E-state index is 0.445. The summed E-state index contributed by atoms with van der Waals surface area (Å²) in [5, 5.41) is 0. The van der Waals surface area contributed by atoms with Gasteiger partial charge in [-0.3, -0.25) is 0 Å². The van der Waals surface area contributed by atoms with Gasteiger partial charge in [-0.1, -0.05) is 0 Å². The molecule has 1 saturated heterocycles. The summed E-state index contributed by atoms with van der Waals surface area (Å²) in [6.45, 7) is 5.19. The van der Waals surface area contributed by atoms with Crippen molar-refractivity contribution in [3.8, 4) is 0 Å². The lowest BCUT2D eigenvalue weighted by atomic mass is 10.1. The number of hydrogen-bond acceptors (Lipinski definition) is 6. The number of fused-ring (bicyclic) bond motifs is 1. The van der Waals surface area contributed by atoms with E-state index < -0.39 is 0 Å². The number of nitrogens with zero attached hydrogens (tertiary/aromatic N) is 5. The van der Waals surface area contributed by atoms with E-state index in [9.17, 15) is 0 Å². The Morgan fingerprint density at radius 3 is 3.10 bits per heavy atom. The molecule has 1 unspecified atom stereocenters. The monoisotopic (exact) mass is 290 g/mol. The molecule has 21 heavy (non-hydrogen) atoms. The van der Waals surface area contributed by atoms with Crippen molar-refractivity contribution in [2.75, 3.05) is 39.1 Å². The van der Waals surface area contributed by atoms with E-state index in [2.05, 4.69) is 24.4 Å². The van der Waals surface area contributed by atoms with Gasteiger partial charge < -0.3 is 19.9 Å². The van der Waals surface area contributed by atoms with Crippen molar-refractivity contribution in [3.63, 3.8) is 0 Å². The van der Waals surface area contributed by atoms with Crippen LogP contribution in [0.4, 0.5) is 5.82 Å². The minimum Gasteiger partial charge on any atom is -0.384 e. The number of imidazole rings is 1. The fourth-order valence-electron chi connectivity index (χ4n) is 3.01. The van der Waals surface area contributed by atoms with Gasteiger partial charge in [-0.05, 0) is 31.8 Å². The maximum Gasteiger partial charge on any atom is 0.165 e. The summed E-state index contributed by atoms with van der Waals surface area (Å²) in [6, 6.07) is 0. The Morgan fingerprint density at radius 2 is 2.24 bits per heavy atom. The molecule has 0 aliphatic carbocycles. The quantitative estimate of drug-likeness (QED) is 0.846. The van der Waals surface area contributed by atoms with Crippen molar-refractivity contribution in [1.82, 2.24) is 24.4 Å². The molecular formula is C14H22N6O. The summed E-state index contributed by atoms with van der Waals surface area (Å²) in [6.07, 6.45) is 5.61. The highest BCUT2D eigenvalue weighted by atomic mass is 16.5. The largest absolute Gasteiger partial charge is 0.384 e. The molecule has 2 aromatic rings. The summed E-state index contributed by atoms with van der Waals surface area (Å²) in [5.41, 5.74) is 7.31. The molecule has 3 rings (SSSR count). The van der Waals surface area contributed by atoms with E-state index >= 15 is 0 Å². The average Bonchev–Trinajstić information content (AvgIpc) is 3.08. The molecule has 7 heteroatoms. The molecule has 114 valence electrons. The van der Waals surface area contributed by atoms with Gasteiger partial charge >= 0.3 is 0 Å². The Morgan fingerprint density at radius 1 is 1.33 bits per heavy atom. The topological polar surface area (TPSA) is 82.1 Å². The predicted octanol–water partition coefficient (Wildman–Crippen LogP) is 0.767. The second-order valence-electron chi connectivity index (χ2n) is 5.63. The lowest BCUT2D eigenvalue weighted by Gasteiger charge is -2.15. The molecule has 3 heterocycles. The van der Waals surface area contributed by atoms with Crippen LogP contribution in [0.1, 0.15) is 12.8 Å². The number of likely N-dealkylation sites (tertiary alicyclic amines) is 1. The Hall–Kier alpha value is -1.73. The van der Waals surface area contributed by atoms with E-state index in [4.69, 9.17) is 10.5 Å². The highest BCUT2D eigenvalue weighted by molar-refractivity contribution is 5.80. The van der Waals surface area contributed by atoms with Crippen LogP contribution in [0.2, 0.25) is 0 Å². The first-order valence-electron chi connectivity index (χ1n) is 7.40. The molecule has 7 nitrogen and oxygen atoms in total. The third-order valence-electron chi connectivity index (χ3n) is 4.08. The number of rotatable bonds is 6. The minimum absolute atomic E-state index is 0.445. The third-order valence-corrected chi connectivity index (χ3v) is 4.08. The molecule has 1 fully saturated rings. The van der Waals surface area contributed by atoms with Gasteiger partial charge in [0.25, 0.3) is 0 Å². The van der Waals surface area contributed by atoms with Crippen molar-refractivity contribution >= 4 is 17.0 Å². The maximum atomic E-state index is 5.79. The summed E-state index contributed by atoms with van der Waals surface area (Å²) >= 11 is 0. The molecular weight excluding hydrogens is 268 g/mol. The van der Waals surface area contributed by atoms with Gasteiger partial charge in [0.15, 0.2) is 11.5 Å². The number of methoxy groups -OCH3 is 1. The standard InChI is InChI=1S/C14H22N6O/c1-21-8-11-3-6-19(7-11)4-2-5-20-10-18-12-13(15)16-9-17-14(12)20/h9-11H,2-8H2,1H3,(H2,15,16,17). The van der Waals surface area contributed by atoms with Crippen LogP contribution in [-0.2, 0) is 11.3 Å². The molecule has 1 aliphatic rings. The van der Waals surface area contributed by atoms with Gasteiger partial charge in [0, 0.05) is 20.2 Å². The number of aromatic nitrogens is 4. The highest BCUT2D eigenvalue weighted by Crippen LogP contribution is 2.17. The number of hydrogen-bond donors (Lipinski definition) is 1. The lowest BCUT2D eigenvalue weighted by molar-refractivity contribution is 0.153. The number of ether oxygens (including phenoxy) is 1. The van der Waals surface area contributed by atoms with Gasteiger partial charge in [-0.15, -0.1) is 0 Å². The smallest absolute Gasteiger partial charge is 0.165 e. The summed E-state index contributed by atoms with van der Waals surface area (Å²) in [4.78, 5) is 15.0. The number of nitrogens with two attached hydrogens (primary N) is 1. The van der Waals surface area contributed by atoms with Crippen LogP contribution in [-0.4, -0.2) is 57.8 Å². The first kappa shape index (κ1) is 14.2. The van der Waals surface area contributed by atoms with Gasteiger partial charge in [-0.25, -0.2) is 15.0 Å². The fraction of sp³-hybridized carbons (Fsp3) is 0.643. The van der Waals surface area contributed by atoms with Gasteiger partial charge in [-0.2, -0.15) is 0 Å².